The standard InChI is InChI=1S/C16H36N.C14H10O4/c1-5-9-13-17(14-10-6-2,15-11-7-3)16-12-8-4;15-13(16)10-6-8-12(9-7-10)18-14(17)11-4-2-1-3-5-11/h5-16H2,1-4H3;1-9H,(H,15,16)/q+1;/p-1. The van der Waals surface area contributed by atoms with Crippen LogP contribution in [0.5, 0.6) is 5.75 Å². The predicted octanol–water partition coefficient (Wildman–Crippen LogP) is 6.27. The van der Waals surface area contributed by atoms with Gasteiger partial charge >= 0.3 is 5.97 Å². The third-order valence-electron chi connectivity index (χ3n) is 6.25. The molecular weight excluding hydrogens is 438 g/mol. The van der Waals surface area contributed by atoms with Crippen molar-refractivity contribution >= 4 is 11.9 Å². The summed E-state index contributed by atoms with van der Waals surface area (Å²) in [5.74, 6) is -1.47. The van der Waals surface area contributed by atoms with Gasteiger partial charge in [-0.25, -0.2) is 4.79 Å². The molecule has 0 spiro atoms. The van der Waals surface area contributed by atoms with Gasteiger partial charge in [0.1, 0.15) is 5.75 Å². The van der Waals surface area contributed by atoms with Gasteiger partial charge < -0.3 is 19.1 Å². The van der Waals surface area contributed by atoms with Gasteiger partial charge in [-0.05, 0) is 67.6 Å². The maximum atomic E-state index is 11.7. The second kappa shape index (κ2) is 17.7. The largest absolute Gasteiger partial charge is 0.545 e. The van der Waals surface area contributed by atoms with Crippen molar-refractivity contribution in [1.82, 2.24) is 0 Å². The number of quaternary nitrogens is 1. The predicted molar refractivity (Wildman–Crippen MR) is 142 cm³/mol. The zero-order chi connectivity index (χ0) is 25.9. The molecule has 0 atom stereocenters. The Balaban J connectivity index is 0.000000351. The summed E-state index contributed by atoms with van der Waals surface area (Å²) in [6, 6.07) is 14.0. The van der Waals surface area contributed by atoms with Crippen molar-refractivity contribution in [3.8, 4) is 5.75 Å². The van der Waals surface area contributed by atoms with Crippen molar-refractivity contribution < 1.29 is 23.9 Å². The molecule has 5 nitrogen and oxygen atoms in total. The Morgan fingerprint density at radius 3 is 1.46 bits per heavy atom. The van der Waals surface area contributed by atoms with E-state index in [1.54, 1.807) is 30.3 Å². The highest BCUT2D eigenvalue weighted by molar-refractivity contribution is 5.91. The van der Waals surface area contributed by atoms with Crippen molar-refractivity contribution in [2.24, 2.45) is 0 Å². The first kappa shape index (κ1) is 30.4. The van der Waals surface area contributed by atoms with E-state index in [2.05, 4.69) is 27.7 Å². The highest BCUT2D eigenvalue weighted by Gasteiger charge is 2.24. The second-order valence-corrected chi connectivity index (χ2v) is 9.22. The third kappa shape index (κ3) is 12.0. The highest BCUT2D eigenvalue weighted by atomic mass is 16.5. The number of hydrogen-bond acceptors (Lipinski definition) is 4. The fraction of sp³-hybridized carbons (Fsp3) is 0.533. The monoisotopic (exact) mass is 483 g/mol. The number of ether oxygens (including phenoxy) is 1. The van der Waals surface area contributed by atoms with Crippen molar-refractivity contribution in [3.05, 3.63) is 65.7 Å². The number of benzene rings is 2. The zero-order valence-corrected chi connectivity index (χ0v) is 22.3. The van der Waals surface area contributed by atoms with E-state index in [9.17, 15) is 14.7 Å². The molecule has 0 aliphatic carbocycles. The number of unbranched alkanes of at least 4 members (excludes halogenated alkanes) is 4. The normalized spacial score (nSPS) is 10.9. The summed E-state index contributed by atoms with van der Waals surface area (Å²) in [5, 5.41) is 10.5. The molecule has 0 amide bonds. The van der Waals surface area contributed by atoms with Gasteiger partial charge in [0.15, 0.2) is 0 Å². The Bertz CT molecular complexity index is 796. The van der Waals surface area contributed by atoms with Crippen LogP contribution in [0.3, 0.4) is 0 Å². The van der Waals surface area contributed by atoms with Crippen LogP contribution in [0.2, 0.25) is 0 Å². The summed E-state index contributed by atoms with van der Waals surface area (Å²) >= 11 is 0. The Hall–Kier alpha value is -2.66. The molecule has 0 saturated heterocycles. The van der Waals surface area contributed by atoms with Gasteiger partial charge in [0.25, 0.3) is 0 Å². The zero-order valence-electron chi connectivity index (χ0n) is 22.3. The van der Waals surface area contributed by atoms with Crippen LogP contribution in [0.25, 0.3) is 0 Å². The number of carboxylic acid groups (broad SMARTS) is 1. The summed E-state index contributed by atoms with van der Waals surface area (Å²) in [6.45, 7) is 15.0. The number of hydrogen-bond donors (Lipinski definition) is 0. The fourth-order valence-corrected chi connectivity index (χ4v) is 4.04. The van der Waals surface area contributed by atoms with Crippen LogP contribution in [-0.2, 0) is 0 Å². The first-order valence-corrected chi connectivity index (χ1v) is 13.3. The molecule has 0 radical (unpaired) electrons. The van der Waals surface area contributed by atoms with Crippen molar-refractivity contribution in [1.29, 1.82) is 0 Å². The molecule has 0 N–H and O–H groups in total. The lowest BCUT2D eigenvalue weighted by atomic mass is 10.1. The van der Waals surface area contributed by atoms with Gasteiger partial charge in [0.05, 0.1) is 37.7 Å². The van der Waals surface area contributed by atoms with E-state index in [1.807, 2.05) is 0 Å². The fourth-order valence-electron chi connectivity index (χ4n) is 4.04. The summed E-state index contributed by atoms with van der Waals surface area (Å²) in [4.78, 5) is 22.2. The summed E-state index contributed by atoms with van der Waals surface area (Å²) in [7, 11) is 0. The number of carbonyl (C=O) groups excluding carboxylic acids is 2. The molecule has 5 heteroatoms. The molecule has 0 fully saturated rings. The molecule has 0 bridgehead atoms. The van der Waals surface area contributed by atoms with E-state index in [0.29, 0.717) is 5.56 Å². The maximum Gasteiger partial charge on any atom is 0.343 e. The molecule has 2 aromatic carbocycles. The van der Waals surface area contributed by atoms with Crippen LogP contribution in [0.15, 0.2) is 54.6 Å². The molecule has 0 saturated carbocycles. The van der Waals surface area contributed by atoms with Crippen LogP contribution in [0.1, 0.15) is 99.8 Å². The number of aromatic carboxylic acids is 1. The number of esters is 1. The molecule has 194 valence electrons. The number of nitrogens with zero attached hydrogens (tertiary/aromatic N) is 1. The van der Waals surface area contributed by atoms with Crippen molar-refractivity contribution in [2.45, 2.75) is 79.1 Å². The molecule has 0 heterocycles. The third-order valence-corrected chi connectivity index (χ3v) is 6.25. The molecule has 2 aromatic rings. The molecular formula is C30H45NO4. The van der Waals surface area contributed by atoms with Gasteiger partial charge in [0, 0.05) is 0 Å². The summed E-state index contributed by atoms with van der Waals surface area (Å²) in [5.41, 5.74) is 0.469. The Morgan fingerprint density at radius 2 is 1.09 bits per heavy atom. The van der Waals surface area contributed by atoms with Gasteiger partial charge in [-0.3, -0.25) is 0 Å². The van der Waals surface area contributed by atoms with Crippen LogP contribution in [0, 0.1) is 0 Å². The van der Waals surface area contributed by atoms with E-state index < -0.39 is 11.9 Å². The van der Waals surface area contributed by atoms with E-state index in [4.69, 9.17) is 4.74 Å². The average molecular weight is 484 g/mol. The molecule has 0 aromatic heterocycles. The number of carbonyl (C=O) groups is 2. The topological polar surface area (TPSA) is 66.4 Å². The van der Waals surface area contributed by atoms with Crippen molar-refractivity contribution in [3.63, 3.8) is 0 Å². The lowest BCUT2D eigenvalue weighted by Crippen LogP contribution is -2.50. The molecule has 0 aliphatic heterocycles. The van der Waals surface area contributed by atoms with E-state index in [-0.39, 0.29) is 11.3 Å². The lowest BCUT2D eigenvalue weighted by Gasteiger charge is -2.39. The minimum absolute atomic E-state index is 0.0366. The smallest absolute Gasteiger partial charge is 0.343 e. The van der Waals surface area contributed by atoms with Crippen LogP contribution in [-0.4, -0.2) is 42.6 Å². The van der Waals surface area contributed by atoms with E-state index >= 15 is 0 Å². The van der Waals surface area contributed by atoms with Gasteiger partial charge in [-0.2, -0.15) is 0 Å². The molecule has 0 unspecified atom stereocenters. The Labute approximate surface area is 212 Å². The van der Waals surface area contributed by atoms with E-state index in [1.165, 1.54) is 106 Å². The Morgan fingerprint density at radius 1 is 0.657 bits per heavy atom. The first-order valence-electron chi connectivity index (χ1n) is 13.3. The van der Waals surface area contributed by atoms with Gasteiger partial charge in [0.2, 0.25) is 0 Å². The first-order chi connectivity index (χ1) is 16.9. The molecule has 0 aliphatic rings. The van der Waals surface area contributed by atoms with Crippen molar-refractivity contribution in [2.75, 3.05) is 26.2 Å². The molecule has 2 rings (SSSR count). The molecule has 35 heavy (non-hydrogen) atoms. The summed E-state index contributed by atoms with van der Waals surface area (Å²) in [6.07, 6.45) is 11.1. The lowest BCUT2D eigenvalue weighted by molar-refractivity contribution is -0.929. The summed E-state index contributed by atoms with van der Waals surface area (Å²) < 4.78 is 6.50. The van der Waals surface area contributed by atoms with Gasteiger partial charge in [-0.15, -0.1) is 0 Å². The van der Waals surface area contributed by atoms with Crippen LogP contribution >= 0.6 is 0 Å². The number of rotatable bonds is 15. The van der Waals surface area contributed by atoms with E-state index in [0.717, 1.165) is 0 Å². The Kier molecular flexibility index (Phi) is 15.4. The SMILES string of the molecule is CCCC[N+](CCCC)(CCCC)CCCC.O=C([O-])c1ccc(OC(=O)c2ccccc2)cc1. The van der Waals surface area contributed by atoms with Crippen LogP contribution in [0.4, 0.5) is 0 Å². The minimum Gasteiger partial charge on any atom is -0.545 e. The van der Waals surface area contributed by atoms with Gasteiger partial charge in [-0.1, -0.05) is 71.6 Å². The second-order valence-electron chi connectivity index (χ2n) is 9.22. The van der Waals surface area contributed by atoms with Crippen LogP contribution < -0.4 is 9.84 Å². The highest BCUT2D eigenvalue weighted by Crippen LogP contribution is 2.17. The quantitative estimate of drug-likeness (QED) is 0.170. The number of carboxylic acids is 1. The minimum atomic E-state index is -1.27. The maximum absolute atomic E-state index is 11.7. The average Bonchev–Trinajstić information content (AvgIpc) is 2.89.